The summed E-state index contributed by atoms with van der Waals surface area (Å²) in [7, 11) is 0. The Balaban J connectivity index is 1.74. The first-order valence-electron chi connectivity index (χ1n) is 9.68. The van der Waals surface area contributed by atoms with Crippen LogP contribution < -0.4 is 15.8 Å². The first-order chi connectivity index (χ1) is 15.3. The van der Waals surface area contributed by atoms with Crippen LogP contribution in [0.2, 0.25) is 0 Å². The number of ether oxygens (including phenoxy) is 2. The summed E-state index contributed by atoms with van der Waals surface area (Å²) in [5.41, 5.74) is 5.81. The lowest BCUT2D eigenvalue weighted by atomic mass is 10.1. The number of carbonyl (C=O) groups is 3. The number of thiophene rings is 1. The molecule has 0 saturated carbocycles. The lowest BCUT2D eigenvalue weighted by Gasteiger charge is -2.07. The van der Waals surface area contributed by atoms with Crippen molar-refractivity contribution in [3.8, 4) is 5.75 Å². The Morgan fingerprint density at radius 1 is 1.16 bits per heavy atom. The molecule has 3 N–H and O–H groups in total. The van der Waals surface area contributed by atoms with Gasteiger partial charge in [0.15, 0.2) is 5.76 Å². The monoisotopic (exact) mass is 460 g/mol. The second kappa shape index (κ2) is 10.1. The molecule has 0 bridgehead atoms. The molecule has 0 aliphatic carbocycles. The largest absolute Gasteiger partial charge is 0.486 e. The zero-order valence-corrected chi connectivity index (χ0v) is 18.2. The third-order valence-corrected chi connectivity index (χ3v) is 5.54. The lowest BCUT2D eigenvalue weighted by Crippen LogP contribution is -2.15. The number of carbonyl (C=O) groups excluding carboxylic acids is 3. The third kappa shape index (κ3) is 5.33. The second-order valence-corrected chi connectivity index (χ2v) is 7.74. The van der Waals surface area contributed by atoms with Gasteiger partial charge < -0.3 is 24.9 Å². The minimum Gasteiger partial charge on any atom is -0.486 e. The molecule has 0 saturated heterocycles. The van der Waals surface area contributed by atoms with Gasteiger partial charge in [-0.05, 0) is 55.3 Å². The molecule has 0 spiro atoms. The van der Waals surface area contributed by atoms with E-state index < -0.39 is 17.8 Å². The Labute approximate surface area is 187 Å². The predicted molar refractivity (Wildman–Crippen MR) is 116 cm³/mol. The first kappa shape index (κ1) is 23.0. The van der Waals surface area contributed by atoms with Gasteiger partial charge in [0.1, 0.15) is 28.9 Å². The molecule has 32 heavy (non-hydrogen) atoms. The average molecular weight is 460 g/mol. The van der Waals surface area contributed by atoms with E-state index in [1.807, 2.05) is 6.92 Å². The molecule has 10 heteroatoms. The molecule has 2 amide bonds. The highest BCUT2D eigenvalue weighted by Crippen LogP contribution is 2.34. The molecule has 0 unspecified atom stereocenters. The van der Waals surface area contributed by atoms with Gasteiger partial charge in [-0.15, -0.1) is 11.3 Å². The van der Waals surface area contributed by atoms with Crippen LogP contribution in [0.5, 0.6) is 5.75 Å². The fourth-order valence-electron chi connectivity index (χ4n) is 2.78. The second-order valence-electron chi connectivity index (χ2n) is 6.72. The summed E-state index contributed by atoms with van der Waals surface area (Å²) < 4.78 is 29.1. The van der Waals surface area contributed by atoms with E-state index in [0.29, 0.717) is 23.5 Å². The Bertz CT molecular complexity index is 1140. The molecule has 0 aliphatic rings. The molecule has 8 nitrogen and oxygen atoms in total. The van der Waals surface area contributed by atoms with Crippen LogP contribution in [0, 0.1) is 12.7 Å². The molecular weight excluding hydrogens is 439 g/mol. The van der Waals surface area contributed by atoms with E-state index in [1.54, 1.807) is 13.0 Å². The highest BCUT2D eigenvalue weighted by atomic mass is 32.1. The fourth-order valence-corrected chi connectivity index (χ4v) is 3.82. The van der Waals surface area contributed by atoms with Crippen molar-refractivity contribution < 1.29 is 32.7 Å². The van der Waals surface area contributed by atoms with Crippen LogP contribution in [0.3, 0.4) is 0 Å². The van der Waals surface area contributed by atoms with Gasteiger partial charge in [0.25, 0.3) is 11.8 Å². The molecule has 3 rings (SSSR count). The van der Waals surface area contributed by atoms with E-state index in [0.717, 1.165) is 11.3 Å². The summed E-state index contributed by atoms with van der Waals surface area (Å²) in [5.74, 6) is -1.59. The highest BCUT2D eigenvalue weighted by molar-refractivity contribution is 7.18. The fraction of sp³-hybridized carbons (Fsp3) is 0.227. The van der Waals surface area contributed by atoms with Crippen LogP contribution in [0.4, 0.5) is 9.39 Å². The van der Waals surface area contributed by atoms with Crippen LogP contribution in [0.15, 0.2) is 40.8 Å². The smallest absolute Gasteiger partial charge is 0.341 e. The van der Waals surface area contributed by atoms with Crippen molar-refractivity contribution >= 4 is 34.1 Å². The number of halogens is 1. The van der Waals surface area contributed by atoms with E-state index >= 15 is 0 Å². The zero-order chi connectivity index (χ0) is 23.3. The van der Waals surface area contributed by atoms with E-state index in [4.69, 9.17) is 19.6 Å². The standard InChI is InChI=1S/C22H21FN2O6S/c1-3-10-29-22(28)17-12(2)18(19(24)26)32-21(17)25-20(27)16-9-8-15(31-16)11-30-14-6-4-13(23)5-7-14/h4-9H,3,10-11H2,1-2H3,(H2,24,26)(H,25,27). The zero-order valence-electron chi connectivity index (χ0n) is 17.4. The molecule has 0 aliphatic heterocycles. The summed E-state index contributed by atoms with van der Waals surface area (Å²) in [6.45, 7) is 3.63. The molecule has 1 aromatic carbocycles. The molecule has 0 radical (unpaired) electrons. The number of furan rings is 1. The maximum Gasteiger partial charge on any atom is 0.341 e. The van der Waals surface area contributed by atoms with Crippen molar-refractivity contribution in [2.24, 2.45) is 5.73 Å². The summed E-state index contributed by atoms with van der Waals surface area (Å²) in [5, 5.41) is 2.73. The summed E-state index contributed by atoms with van der Waals surface area (Å²) in [6, 6.07) is 8.49. The van der Waals surface area contributed by atoms with E-state index in [2.05, 4.69) is 5.32 Å². The van der Waals surface area contributed by atoms with E-state index in [9.17, 15) is 18.8 Å². The van der Waals surface area contributed by atoms with Crippen LogP contribution in [-0.4, -0.2) is 24.4 Å². The third-order valence-electron chi connectivity index (χ3n) is 4.32. The van der Waals surface area contributed by atoms with Gasteiger partial charge in [-0.3, -0.25) is 9.59 Å². The minimum absolute atomic E-state index is 0.0252. The predicted octanol–water partition coefficient (Wildman–Crippen LogP) is 4.29. The number of nitrogens with two attached hydrogens (primary N) is 1. The van der Waals surface area contributed by atoms with Gasteiger partial charge in [0.05, 0.1) is 17.0 Å². The van der Waals surface area contributed by atoms with Crippen molar-refractivity contribution in [2.45, 2.75) is 26.9 Å². The molecule has 2 heterocycles. The number of primary amides is 1. The van der Waals surface area contributed by atoms with Crippen molar-refractivity contribution in [3.63, 3.8) is 0 Å². The molecule has 0 atom stereocenters. The van der Waals surface area contributed by atoms with Crippen molar-refractivity contribution in [1.82, 2.24) is 0 Å². The van der Waals surface area contributed by atoms with Gasteiger partial charge in [-0.2, -0.15) is 0 Å². The van der Waals surface area contributed by atoms with Gasteiger partial charge in [-0.25, -0.2) is 9.18 Å². The lowest BCUT2D eigenvalue weighted by molar-refractivity contribution is 0.0506. The maximum atomic E-state index is 13.0. The Hall–Kier alpha value is -3.66. The number of hydrogen-bond donors (Lipinski definition) is 2. The number of nitrogens with one attached hydrogen (secondary N) is 1. The Morgan fingerprint density at radius 2 is 1.88 bits per heavy atom. The Kier molecular flexibility index (Phi) is 7.26. The molecule has 0 fully saturated rings. The van der Waals surface area contributed by atoms with Crippen LogP contribution in [0.1, 0.15) is 55.3 Å². The van der Waals surface area contributed by atoms with Gasteiger partial charge in [0, 0.05) is 0 Å². The van der Waals surface area contributed by atoms with Crippen LogP contribution >= 0.6 is 11.3 Å². The van der Waals surface area contributed by atoms with Gasteiger partial charge >= 0.3 is 5.97 Å². The summed E-state index contributed by atoms with van der Waals surface area (Å²) in [6.07, 6.45) is 0.620. The maximum absolute atomic E-state index is 13.0. The van der Waals surface area contributed by atoms with Crippen molar-refractivity contribution in [1.29, 1.82) is 0 Å². The topological polar surface area (TPSA) is 121 Å². The molecule has 2 aromatic heterocycles. The quantitative estimate of drug-likeness (QED) is 0.460. The highest BCUT2D eigenvalue weighted by Gasteiger charge is 2.26. The molecule has 168 valence electrons. The summed E-state index contributed by atoms with van der Waals surface area (Å²) >= 11 is 0.890. The van der Waals surface area contributed by atoms with Crippen LogP contribution in [0.25, 0.3) is 0 Å². The van der Waals surface area contributed by atoms with Crippen molar-refractivity contribution in [2.75, 3.05) is 11.9 Å². The number of esters is 1. The average Bonchev–Trinajstić information content (AvgIpc) is 3.36. The molecule has 3 aromatic rings. The molecular formula is C22H21FN2O6S. The van der Waals surface area contributed by atoms with E-state index in [-0.39, 0.29) is 40.2 Å². The Morgan fingerprint density at radius 3 is 2.53 bits per heavy atom. The number of hydrogen-bond acceptors (Lipinski definition) is 7. The van der Waals surface area contributed by atoms with Crippen molar-refractivity contribution in [3.05, 3.63) is 69.7 Å². The van der Waals surface area contributed by atoms with Gasteiger partial charge in [-0.1, -0.05) is 6.92 Å². The normalized spacial score (nSPS) is 10.6. The summed E-state index contributed by atoms with van der Waals surface area (Å²) in [4.78, 5) is 37.0. The number of benzene rings is 1. The van der Waals surface area contributed by atoms with Gasteiger partial charge in [0.2, 0.25) is 0 Å². The first-order valence-corrected chi connectivity index (χ1v) is 10.5. The minimum atomic E-state index is -0.712. The number of amides is 2. The number of rotatable bonds is 9. The van der Waals surface area contributed by atoms with Crippen LogP contribution in [-0.2, 0) is 11.3 Å². The van der Waals surface area contributed by atoms with E-state index in [1.165, 1.54) is 30.3 Å². The SMILES string of the molecule is CCCOC(=O)c1c(NC(=O)c2ccc(COc3ccc(F)cc3)o2)sc(C(N)=O)c1C. The number of anilines is 1.